The molecule has 3 rings (SSSR count). The zero-order valence-electron chi connectivity index (χ0n) is 11.7. The lowest BCUT2D eigenvalue weighted by molar-refractivity contribution is -0.122. The van der Waals surface area contributed by atoms with Crippen LogP contribution >= 0.6 is 0 Å². The van der Waals surface area contributed by atoms with Gasteiger partial charge in [0.25, 0.3) is 5.91 Å². The summed E-state index contributed by atoms with van der Waals surface area (Å²) in [7, 11) is 0. The molecule has 1 atom stereocenters. The van der Waals surface area contributed by atoms with Crippen LogP contribution in [0.2, 0.25) is 0 Å². The molecule has 2 aliphatic rings. The molecule has 108 valence electrons. The number of anilines is 2. The topological polar surface area (TPSA) is 62.4 Å². The lowest BCUT2D eigenvalue weighted by Crippen LogP contribution is -2.34. The maximum absolute atomic E-state index is 11.6. The third kappa shape index (κ3) is 2.88. The van der Waals surface area contributed by atoms with Gasteiger partial charge >= 0.3 is 0 Å². The molecule has 1 aromatic rings. The first-order valence-electron chi connectivity index (χ1n) is 7.28. The van der Waals surface area contributed by atoms with Gasteiger partial charge in [-0.15, -0.1) is 0 Å². The third-order valence-electron chi connectivity index (χ3n) is 3.96. The van der Waals surface area contributed by atoms with Gasteiger partial charge in [0, 0.05) is 12.2 Å². The molecule has 0 aromatic heterocycles. The highest BCUT2D eigenvalue weighted by molar-refractivity contribution is 5.98. The maximum Gasteiger partial charge on any atom is 0.265 e. The Labute approximate surface area is 119 Å². The number of carbonyl (C=O) groups excluding carboxylic acids is 1. The van der Waals surface area contributed by atoms with Crippen LogP contribution in [0.1, 0.15) is 19.8 Å². The molecule has 1 fully saturated rings. The van der Waals surface area contributed by atoms with Crippen molar-refractivity contribution in [1.29, 1.82) is 0 Å². The highest BCUT2D eigenvalue weighted by atomic mass is 16.5. The minimum Gasteiger partial charge on any atom is -0.479 e. The van der Waals surface area contributed by atoms with Gasteiger partial charge < -0.3 is 20.7 Å². The van der Waals surface area contributed by atoms with Crippen LogP contribution in [0, 0.1) is 5.92 Å². The van der Waals surface area contributed by atoms with Crippen molar-refractivity contribution < 1.29 is 9.53 Å². The number of amides is 1. The Morgan fingerprint density at radius 1 is 1.35 bits per heavy atom. The zero-order chi connectivity index (χ0) is 13.9. The van der Waals surface area contributed by atoms with Gasteiger partial charge in [0.15, 0.2) is 6.10 Å². The summed E-state index contributed by atoms with van der Waals surface area (Å²) in [6, 6.07) is 5.86. The fourth-order valence-corrected chi connectivity index (χ4v) is 2.67. The molecule has 0 spiro atoms. The molecule has 0 saturated carbocycles. The van der Waals surface area contributed by atoms with Gasteiger partial charge in [-0.2, -0.15) is 0 Å². The number of benzene rings is 1. The molecule has 5 nitrogen and oxygen atoms in total. The first kappa shape index (κ1) is 13.2. The highest BCUT2D eigenvalue weighted by Crippen LogP contribution is 2.32. The van der Waals surface area contributed by atoms with Crippen LogP contribution in [-0.4, -0.2) is 31.6 Å². The molecule has 2 heterocycles. The SMILES string of the molecule is CC1Oc2ccc(NCC3CCNCC3)cc2NC1=O. The Morgan fingerprint density at radius 2 is 2.15 bits per heavy atom. The molecule has 5 heteroatoms. The van der Waals surface area contributed by atoms with E-state index in [1.54, 1.807) is 6.92 Å². The van der Waals surface area contributed by atoms with Crippen molar-refractivity contribution in [2.24, 2.45) is 5.92 Å². The molecule has 1 aromatic carbocycles. The Bertz CT molecular complexity index is 498. The molecule has 1 saturated heterocycles. The van der Waals surface area contributed by atoms with Crippen LogP contribution in [0.3, 0.4) is 0 Å². The van der Waals surface area contributed by atoms with Crippen LogP contribution < -0.4 is 20.7 Å². The number of hydrogen-bond acceptors (Lipinski definition) is 4. The number of piperidine rings is 1. The summed E-state index contributed by atoms with van der Waals surface area (Å²) in [5.41, 5.74) is 1.78. The number of fused-ring (bicyclic) bond motifs is 1. The van der Waals surface area contributed by atoms with Crippen LogP contribution in [0.4, 0.5) is 11.4 Å². The van der Waals surface area contributed by atoms with E-state index in [0.29, 0.717) is 0 Å². The summed E-state index contributed by atoms with van der Waals surface area (Å²) in [5, 5.41) is 9.70. The monoisotopic (exact) mass is 275 g/mol. The second kappa shape index (κ2) is 5.71. The second-order valence-electron chi connectivity index (χ2n) is 5.53. The van der Waals surface area contributed by atoms with Gasteiger partial charge in [0.1, 0.15) is 5.75 Å². The van der Waals surface area contributed by atoms with E-state index in [0.717, 1.165) is 42.7 Å². The number of ether oxygens (including phenoxy) is 1. The second-order valence-corrected chi connectivity index (χ2v) is 5.53. The average Bonchev–Trinajstić information content (AvgIpc) is 2.47. The Balaban J connectivity index is 1.63. The normalized spacial score (nSPS) is 22.6. The minimum absolute atomic E-state index is 0.0898. The molecule has 0 radical (unpaired) electrons. The third-order valence-corrected chi connectivity index (χ3v) is 3.96. The summed E-state index contributed by atoms with van der Waals surface area (Å²) in [6.07, 6.45) is 2.01. The molecule has 1 amide bonds. The van der Waals surface area contributed by atoms with E-state index in [9.17, 15) is 4.79 Å². The first-order valence-corrected chi connectivity index (χ1v) is 7.28. The predicted molar refractivity (Wildman–Crippen MR) is 79.2 cm³/mol. The molecule has 3 N–H and O–H groups in total. The van der Waals surface area contributed by atoms with E-state index in [1.165, 1.54) is 12.8 Å². The van der Waals surface area contributed by atoms with Crippen LogP contribution in [0.15, 0.2) is 18.2 Å². The van der Waals surface area contributed by atoms with Gasteiger partial charge in [-0.1, -0.05) is 0 Å². The van der Waals surface area contributed by atoms with Gasteiger partial charge in [0.2, 0.25) is 0 Å². The summed E-state index contributed by atoms with van der Waals surface area (Å²) in [5.74, 6) is 1.37. The lowest BCUT2D eigenvalue weighted by Gasteiger charge is -2.25. The average molecular weight is 275 g/mol. The van der Waals surface area contributed by atoms with Crippen molar-refractivity contribution >= 4 is 17.3 Å². The van der Waals surface area contributed by atoms with Crippen molar-refractivity contribution in [3.8, 4) is 5.75 Å². The largest absolute Gasteiger partial charge is 0.479 e. The molecular weight excluding hydrogens is 254 g/mol. The summed E-state index contributed by atoms with van der Waals surface area (Å²) in [6.45, 7) is 4.95. The first-order chi connectivity index (χ1) is 9.72. The minimum atomic E-state index is -0.420. The van der Waals surface area contributed by atoms with E-state index >= 15 is 0 Å². The van der Waals surface area contributed by atoms with E-state index in [1.807, 2.05) is 18.2 Å². The lowest BCUT2D eigenvalue weighted by atomic mass is 9.98. The molecule has 0 bridgehead atoms. The Hall–Kier alpha value is -1.75. The maximum atomic E-state index is 11.6. The van der Waals surface area contributed by atoms with Gasteiger partial charge in [-0.3, -0.25) is 4.79 Å². The standard InChI is InChI=1S/C15H21N3O2/c1-10-15(19)18-13-8-12(2-3-14(13)20-10)17-9-11-4-6-16-7-5-11/h2-3,8,10-11,16-17H,4-7,9H2,1H3,(H,18,19). The van der Waals surface area contributed by atoms with Gasteiger partial charge in [0.05, 0.1) is 5.69 Å². The van der Waals surface area contributed by atoms with Crippen LogP contribution in [-0.2, 0) is 4.79 Å². The van der Waals surface area contributed by atoms with Crippen molar-refractivity contribution in [2.75, 3.05) is 30.3 Å². The summed E-state index contributed by atoms with van der Waals surface area (Å²) >= 11 is 0. The zero-order valence-corrected chi connectivity index (χ0v) is 11.7. The predicted octanol–water partition coefficient (Wildman–Crippen LogP) is 1.82. The van der Waals surface area contributed by atoms with E-state index in [2.05, 4.69) is 16.0 Å². The molecule has 0 aliphatic carbocycles. The highest BCUT2D eigenvalue weighted by Gasteiger charge is 2.23. The van der Waals surface area contributed by atoms with Crippen molar-refractivity contribution in [3.05, 3.63) is 18.2 Å². The van der Waals surface area contributed by atoms with Crippen molar-refractivity contribution in [3.63, 3.8) is 0 Å². The quantitative estimate of drug-likeness (QED) is 0.787. The fourth-order valence-electron chi connectivity index (χ4n) is 2.67. The smallest absolute Gasteiger partial charge is 0.265 e. The van der Waals surface area contributed by atoms with E-state index in [4.69, 9.17) is 4.74 Å². The number of carbonyl (C=O) groups is 1. The van der Waals surface area contributed by atoms with Gasteiger partial charge in [-0.25, -0.2) is 0 Å². The van der Waals surface area contributed by atoms with Crippen molar-refractivity contribution in [2.45, 2.75) is 25.9 Å². The molecule has 1 unspecified atom stereocenters. The number of hydrogen-bond donors (Lipinski definition) is 3. The molecule has 20 heavy (non-hydrogen) atoms. The Kier molecular flexibility index (Phi) is 3.78. The van der Waals surface area contributed by atoms with E-state index < -0.39 is 6.10 Å². The van der Waals surface area contributed by atoms with Crippen molar-refractivity contribution in [1.82, 2.24) is 5.32 Å². The molecular formula is C15H21N3O2. The molecule has 2 aliphatic heterocycles. The van der Waals surface area contributed by atoms with Gasteiger partial charge in [-0.05, 0) is 57.0 Å². The number of nitrogens with one attached hydrogen (secondary N) is 3. The Morgan fingerprint density at radius 3 is 2.95 bits per heavy atom. The summed E-state index contributed by atoms with van der Waals surface area (Å²) in [4.78, 5) is 11.6. The number of rotatable bonds is 3. The van der Waals surface area contributed by atoms with Crippen LogP contribution in [0.5, 0.6) is 5.75 Å². The van der Waals surface area contributed by atoms with Crippen LogP contribution in [0.25, 0.3) is 0 Å². The summed E-state index contributed by atoms with van der Waals surface area (Å²) < 4.78 is 5.55. The fraction of sp³-hybridized carbons (Fsp3) is 0.533. The van der Waals surface area contributed by atoms with E-state index in [-0.39, 0.29) is 5.91 Å².